The Morgan fingerprint density at radius 1 is 1.50 bits per heavy atom. The summed E-state index contributed by atoms with van der Waals surface area (Å²) < 4.78 is 0. The van der Waals surface area contributed by atoms with Crippen LogP contribution in [-0.4, -0.2) is 48.4 Å². The third kappa shape index (κ3) is 2.77. The average Bonchev–Trinajstić information content (AvgIpc) is 2.63. The quantitative estimate of drug-likeness (QED) is 0.777. The molecule has 2 heterocycles. The lowest BCUT2D eigenvalue weighted by molar-refractivity contribution is -0.121. The number of carbonyl (C=O) groups is 2. The highest BCUT2D eigenvalue weighted by atomic mass is 16.2. The summed E-state index contributed by atoms with van der Waals surface area (Å²) in [4.78, 5) is 29.2. The van der Waals surface area contributed by atoms with E-state index >= 15 is 0 Å². The van der Waals surface area contributed by atoms with Crippen molar-refractivity contribution in [2.24, 2.45) is 0 Å². The molecule has 6 nitrogen and oxygen atoms in total. The standard InChI is InChI=1S/C12H16N4O2/c1-13-10-4-3-9(7-15-10)12(18)16-6-2-5-14-11(17)8-16/h3-4,7H,2,5-6,8H2,1H3,(H,13,15)(H,14,17). The number of anilines is 1. The van der Waals surface area contributed by atoms with Crippen molar-refractivity contribution in [2.75, 3.05) is 32.0 Å². The van der Waals surface area contributed by atoms with Crippen molar-refractivity contribution in [1.82, 2.24) is 15.2 Å². The first kappa shape index (κ1) is 12.3. The Balaban J connectivity index is 2.11. The van der Waals surface area contributed by atoms with Crippen molar-refractivity contribution < 1.29 is 9.59 Å². The van der Waals surface area contributed by atoms with E-state index in [-0.39, 0.29) is 18.4 Å². The van der Waals surface area contributed by atoms with Gasteiger partial charge < -0.3 is 15.5 Å². The van der Waals surface area contributed by atoms with Crippen LogP contribution in [0.2, 0.25) is 0 Å². The molecule has 0 atom stereocenters. The van der Waals surface area contributed by atoms with Gasteiger partial charge in [0.2, 0.25) is 5.91 Å². The minimum atomic E-state index is -0.151. The van der Waals surface area contributed by atoms with E-state index in [1.807, 2.05) is 0 Å². The SMILES string of the molecule is CNc1ccc(C(=O)N2CCCNC(=O)C2)cn1. The molecule has 1 fully saturated rings. The molecule has 0 unspecified atom stereocenters. The summed E-state index contributed by atoms with van der Waals surface area (Å²) in [6.07, 6.45) is 2.30. The van der Waals surface area contributed by atoms with Crippen molar-refractivity contribution in [3.05, 3.63) is 23.9 Å². The van der Waals surface area contributed by atoms with E-state index in [4.69, 9.17) is 0 Å². The maximum Gasteiger partial charge on any atom is 0.255 e. The van der Waals surface area contributed by atoms with Crippen LogP contribution >= 0.6 is 0 Å². The van der Waals surface area contributed by atoms with Gasteiger partial charge in [-0.1, -0.05) is 0 Å². The first-order valence-corrected chi connectivity index (χ1v) is 5.90. The second-order valence-corrected chi connectivity index (χ2v) is 4.11. The molecule has 6 heteroatoms. The average molecular weight is 248 g/mol. The Bertz CT molecular complexity index is 444. The molecule has 0 bridgehead atoms. The maximum atomic E-state index is 12.2. The van der Waals surface area contributed by atoms with Gasteiger partial charge in [-0.3, -0.25) is 9.59 Å². The van der Waals surface area contributed by atoms with Crippen molar-refractivity contribution in [1.29, 1.82) is 0 Å². The van der Waals surface area contributed by atoms with Gasteiger partial charge in [0.1, 0.15) is 5.82 Å². The smallest absolute Gasteiger partial charge is 0.255 e. The Morgan fingerprint density at radius 3 is 3.00 bits per heavy atom. The zero-order chi connectivity index (χ0) is 13.0. The summed E-state index contributed by atoms with van der Waals surface area (Å²) in [5, 5.41) is 5.63. The third-order valence-electron chi connectivity index (χ3n) is 2.82. The van der Waals surface area contributed by atoms with E-state index in [0.717, 1.165) is 6.42 Å². The largest absolute Gasteiger partial charge is 0.373 e. The molecule has 0 spiro atoms. The highest BCUT2D eigenvalue weighted by molar-refractivity contribution is 5.96. The van der Waals surface area contributed by atoms with E-state index < -0.39 is 0 Å². The fourth-order valence-electron chi connectivity index (χ4n) is 1.83. The molecular formula is C12H16N4O2. The second-order valence-electron chi connectivity index (χ2n) is 4.11. The fourth-order valence-corrected chi connectivity index (χ4v) is 1.83. The number of hydrogen-bond donors (Lipinski definition) is 2. The van der Waals surface area contributed by atoms with Crippen LogP contribution in [-0.2, 0) is 4.79 Å². The number of nitrogens with zero attached hydrogens (tertiary/aromatic N) is 2. The van der Waals surface area contributed by atoms with Gasteiger partial charge in [-0.25, -0.2) is 4.98 Å². The molecule has 2 amide bonds. The Hall–Kier alpha value is -2.11. The number of aromatic nitrogens is 1. The van der Waals surface area contributed by atoms with E-state index in [9.17, 15) is 9.59 Å². The maximum absolute atomic E-state index is 12.2. The fraction of sp³-hybridized carbons (Fsp3) is 0.417. The summed E-state index contributed by atoms with van der Waals surface area (Å²) in [6, 6.07) is 3.45. The van der Waals surface area contributed by atoms with E-state index in [0.29, 0.717) is 24.5 Å². The molecule has 1 aromatic rings. The lowest BCUT2D eigenvalue weighted by Crippen LogP contribution is -2.37. The molecule has 1 aromatic heterocycles. The molecule has 2 N–H and O–H groups in total. The van der Waals surface area contributed by atoms with Gasteiger partial charge in [-0.05, 0) is 18.6 Å². The first-order chi connectivity index (χ1) is 8.70. The number of hydrogen-bond acceptors (Lipinski definition) is 4. The molecule has 1 aliphatic rings. The topological polar surface area (TPSA) is 74.3 Å². The van der Waals surface area contributed by atoms with Crippen molar-refractivity contribution in [3.63, 3.8) is 0 Å². The van der Waals surface area contributed by atoms with Gasteiger partial charge in [-0.15, -0.1) is 0 Å². The van der Waals surface area contributed by atoms with Crippen LogP contribution in [0.4, 0.5) is 5.82 Å². The third-order valence-corrected chi connectivity index (χ3v) is 2.82. The van der Waals surface area contributed by atoms with Crippen LogP contribution in [0.1, 0.15) is 16.8 Å². The van der Waals surface area contributed by atoms with Crippen LogP contribution in [0.15, 0.2) is 18.3 Å². The number of pyridine rings is 1. The van der Waals surface area contributed by atoms with Crippen molar-refractivity contribution >= 4 is 17.6 Å². The molecular weight excluding hydrogens is 232 g/mol. The molecule has 0 saturated carbocycles. The van der Waals surface area contributed by atoms with Gasteiger partial charge >= 0.3 is 0 Å². The Kier molecular flexibility index (Phi) is 3.76. The molecule has 0 aliphatic carbocycles. The Morgan fingerprint density at radius 2 is 2.33 bits per heavy atom. The predicted molar refractivity (Wildman–Crippen MR) is 67.3 cm³/mol. The summed E-state index contributed by atoms with van der Waals surface area (Å²) in [6.45, 7) is 1.33. The van der Waals surface area contributed by atoms with Crippen LogP contribution in [0.3, 0.4) is 0 Å². The van der Waals surface area contributed by atoms with Crippen molar-refractivity contribution in [2.45, 2.75) is 6.42 Å². The summed E-state index contributed by atoms with van der Waals surface area (Å²) in [7, 11) is 1.77. The van der Waals surface area contributed by atoms with E-state index in [1.165, 1.54) is 6.20 Å². The number of rotatable bonds is 2. The first-order valence-electron chi connectivity index (χ1n) is 5.90. The summed E-state index contributed by atoms with van der Waals surface area (Å²) in [5.74, 6) is 0.447. The minimum absolute atomic E-state index is 0.111. The lowest BCUT2D eigenvalue weighted by atomic mass is 10.2. The van der Waals surface area contributed by atoms with Gasteiger partial charge in [0.15, 0.2) is 0 Å². The molecule has 0 aromatic carbocycles. The molecule has 96 valence electrons. The monoisotopic (exact) mass is 248 g/mol. The van der Waals surface area contributed by atoms with Crippen LogP contribution in [0.25, 0.3) is 0 Å². The zero-order valence-electron chi connectivity index (χ0n) is 10.3. The molecule has 2 rings (SSSR count). The highest BCUT2D eigenvalue weighted by Gasteiger charge is 2.20. The minimum Gasteiger partial charge on any atom is -0.373 e. The van der Waals surface area contributed by atoms with Crippen LogP contribution in [0.5, 0.6) is 0 Å². The zero-order valence-corrected chi connectivity index (χ0v) is 10.3. The molecule has 1 aliphatic heterocycles. The van der Waals surface area contributed by atoms with Gasteiger partial charge in [-0.2, -0.15) is 0 Å². The van der Waals surface area contributed by atoms with Gasteiger partial charge in [0.25, 0.3) is 5.91 Å². The molecule has 18 heavy (non-hydrogen) atoms. The number of amides is 2. The highest BCUT2D eigenvalue weighted by Crippen LogP contribution is 2.08. The molecule has 0 radical (unpaired) electrons. The van der Waals surface area contributed by atoms with E-state index in [1.54, 1.807) is 24.1 Å². The lowest BCUT2D eigenvalue weighted by Gasteiger charge is -2.18. The number of nitrogens with one attached hydrogen (secondary N) is 2. The van der Waals surface area contributed by atoms with Gasteiger partial charge in [0, 0.05) is 26.3 Å². The van der Waals surface area contributed by atoms with Gasteiger partial charge in [0.05, 0.1) is 12.1 Å². The molecule has 1 saturated heterocycles. The van der Waals surface area contributed by atoms with Crippen LogP contribution < -0.4 is 10.6 Å². The van der Waals surface area contributed by atoms with Crippen molar-refractivity contribution in [3.8, 4) is 0 Å². The normalized spacial score (nSPS) is 15.8. The van der Waals surface area contributed by atoms with Crippen LogP contribution in [0, 0.1) is 0 Å². The predicted octanol–water partition coefficient (Wildman–Crippen LogP) is 0.0854. The van der Waals surface area contributed by atoms with E-state index in [2.05, 4.69) is 15.6 Å². The summed E-state index contributed by atoms with van der Waals surface area (Å²) >= 11 is 0. The Labute approximate surface area is 105 Å². The second kappa shape index (κ2) is 5.48. The number of carbonyl (C=O) groups excluding carboxylic acids is 2. The summed E-state index contributed by atoms with van der Waals surface area (Å²) in [5.41, 5.74) is 0.503.